The van der Waals surface area contributed by atoms with E-state index in [1.54, 1.807) is 34.9 Å². The zero-order valence-electron chi connectivity index (χ0n) is 15.7. The Balaban J connectivity index is 1.40. The van der Waals surface area contributed by atoms with E-state index in [2.05, 4.69) is 4.98 Å². The highest BCUT2D eigenvalue weighted by Gasteiger charge is 2.17. The van der Waals surface area contributed by atoms with Crippen molar-refractivity contribution in [3.63, 3.8) is 0 Å². The lowest BCUT2D eigenvalue weighted by Gasteiger charge is -2.08. The van der Waals surface area contributed by atoms with Gasteiger partial charge in [-0.2, -0.15) is 0 Å². The number of aromatic nitrogens is 2. The van der Waals surface area contributed by atoms with Crippen LogP contribution in [0.1, 0.15) is 22.6 Å². The molecule has 0 unspecified atom stereocenters. The van der Waals surface area contributed by atoms with Crippen LogP contribution < -0.4 is 10.3 Å². The maximum atomic E-state index is 12.6. The highest BCUT2D eigenvalue weighted by Crippen LogP contribution is 2.23. The van der Waals surface area contributed by atoms with Crippen LogP contribution in [0.3, 0.4) is 0 Å². The molecule has 0 bridgehead atoms. The predicted molar refractivity (Wildman–Crippen MR) is 111 cm³/mol. The van der Waals surface area contributed by atoms with Crippen molar-refractivity contribution in [2.24, 2.45) is 0 Å². The van der Waals surface area contributed by atoms with Gasteiger partial charge in [0.15, 0.2) is 0 Å². The second kappa shape index (κ2) is 7.02. The first kappa shape index (κ1) is 17.4. The molecule has 0 saturated carbocycles. The van der Waals surface area contributed by atoms with Crippen molar-refractivity contribution in [3.05, 3.63) is 94.5 Å². The van der Waals surface area contributed by atoms with Crippen LogP contribution >= 0.6 is 0 Å². The van der Waals surface area contributed by atoms with Crippen molar-refractivity contribution in [2.45, 2.75) is 19.4 Å². The number of carbonyl (C=O) groups excluding carboxylic acids is 1. The van der Waals surface area contributed by atoms with E-state index in [-0.39, 0.29) is 5.56 Å². The molecule has 5 nitrogen and oxygen atoms in total. The molecule has 0 radical (unpaired) electrons. The topological polar surface area (TPSA) is 61.2 Å². The van der Waals surface area contributed by atoms with Crippen LogP contribution in [-0.2, 0) is 13.0 Å². The van der Waals surface area contributed by atoms with Gasteiger partial charge in [0, 0.05) is 13.0 Å². The molecule has 0 spiro atoms. The summed E-state index contributed by atoms with van der Waals surface area (Å²) < 4.78 is 7.23. The quantitative estimate of drug-likeness (QED) is 0.393. The molecule has 0 N–H and O–H groups in total. The van der Waals surface area contributed by atoms with E-state index in [1.165, 1.54) is 0 Å². The van der Waals surface area contributed by atoms with E-state index in [9.17, 15) is 9.59 Å². The summed E-state index contributed by atoms with van der Waals surface area (Å²) in [6.07, 6.45) is 1.71. The molecule has 3 aromatic carbocycles. The van der Waals surface area contributed by atoms with Crippen LogP contribution in [0, 0.1) is 0 Å². The lowest BCUT2D eigenvalue weighted by Crippen LogP contribution is -2.21. The van der Waals surface area contributed by atoms with Crippen molar-refractivity contribution < 1.29 is 9.53 Å². The summed E-state index contributed by atoms with van der Waals surface area (Å²) in [6.45, 7) is 0.708. The number of aryl methyl sites for hydroxylation is 1. The van der Waals surface area contributed by atoms with Crippen LogP contribution in [0.4, 0.5) is 0 Å². The number of carbonyl (C=O) groups is 1. The standard InChI is InChI=1S/C24H18N2O3/c27-23-20-13-10-18(15-21(20)25-22-7-4-14-26(22)23)24(28)29-19-11-8-17(9-12-19)16-5-2-1-3-6-16/h1-3,5-6,8-13,15H,4,7,14H2. The number of benzene rings is 3. The molecule has 2 heterocycles. The summed E-state index contributed by atoms with van der Waals surface area (Å²) >= 11 is 0. The van der Waals surface area contributed by atoms with Crippen LogP contribution in [-0.4, -0.2) is 15.5 Å². The van der Waals surface area contributed by atoms with Gasteiger partial charge in [0.05, 0.1) is 16.5 Å². The zero-order chi connectivity index (χ0) is 19.8. The van der Waals surface area contributed by atoms with Gasteiger partial charge in [-0.05, 0) is 47.9 Å². The van der Waals surface area contributed by atoms with Crippen molar-refractivity contribution >= 4 is 16.9 Å². The first-order valence-corrected chi connectivity index (χ1v) is 9.60. The average Bonchev–Trinajstić information content (AvgIpc) is 3.23. The second-order valence-corrected chi connectivity index (χ2v) is 7.10. The maximum absolute atomic E-state index is 12.6. The van der Waals surface area contributed by atoms with E-state index in [0.29, 0.717) is 28.8 Å². The highest BCUT2D eigenvalue weighted by molar-refractivity contribution is 5.95. The third kappa shape index (κ3) is 3.21. The Bertz CT molecular complexity index is 1280. The Labute approximate surface area is 167 Å². The fourth-order valence-corrected chi connectivity index (χ4v) is 3.72. The Morgan fingerprint density at radius 2 is 1.69 bits per heavy atom. The number of fused-ring (bicyclic) bond motifs is 2. The molecule has 4 aromatic rings. The molecule has 0 atom stereocenters. The van der Waals surface area contributed by atoms with Crippen molar-refractivity contribution in [1.82, 2.24) is 9.55 Å². The third-order valence-electron chi connectivity index (χ3n) is 5.22. The average molecular weight is 382 g/mol. The summed E-state index contributed by atoms with van der Waals surface area (Å²) in [5, 5.41) is 0.527. The highest BCUT2D eigenvalue weighted by atomic mass is 16.5. The van der Waals surface area contributed by atoms with Crippen molar-refractivity contribution in [3.8, 4) is 16.9 Å². The normalized spacial score (nSPS) is 12.7. The fraction of sp³-hybridized carbons (Fsp3) is 0.125. The second-order valence-electron chi connectivity index (χ2n) is 7.10. The van der Waals surface area contributed by atoms with Gasteiger partial charge in [-0.1, -0.05) is 42.5 Å². The van der Waals surface area contributed by atoms with E-state index in [1.807, 2.05) is 42.5 Å². The van der Waals surface area contributed by atoms with Crippen LogP contribution in [0.2, 0.25) is 0 Å². The fourth-order valence-electron chi connectivity index (χ4n) is 3.72. The largest absolute Gasteiger partial charge is 0.423 e. The zero-order valence-corrected chi connectivity index (χ0v) is 15.7. The molecule has 5 heteroatoms. The number of hydrogen-bond acceptors (Lipinski definition) is 4. The Hall–Kier alpha value is -3.73. The summed E-state index contributed by atoms with van der Waals surface area (Å²) in [5.41, 5.74) is 3.02. The molecule has 0 fully saturated rings. The van der Waals surface area contributed by atoms with Gasteiger partial charge in [0.25, 0.3) is 5.56 Å². The molecular weight excluding hydrogens is 364 g/mol. The minimum absolute atomic E-state index is 0.0427. The summed E-state index contributed by atoms with van der Waals surface area (Å²) in [6, 6.07) is 22.3. The van der Waals surface area contributed by atoms with Gasteiger partial charge < -0.3 is 4.74 Å². The van der Waals surface area contributed by atoms with Gasteiger partial charge in [-0.25, -0.2) is 9.78 Å². The molecule has 142 valence electrons. The molecule has 0 aliphatic carbocycles. The smallest absolute Gasteiger partial charge is 0.343 e. The summed E-state index contributed by atoms with van der Waals surface area (Å²) in [5.74, 6) is 0.781. The Morgan fingerprint density at radius 3 is 2.48 bits per heavy atom. The van der Waals surface area contributed by atoms with Gasteiger partial charge in [0.1, 0.15) is 11.6 Å². The molecule has 1 aromatic heterocycles. The Kier molecular flexibility index (Phi) is 4.21. The van der Waals surface area contributed by atoms with Gasteiger partial charge in [0.2, 0.25) is 0 Å². The first-order valence-electron chi connectivity index (χ1n) is 9.60. The number of hydrogen-bond donors (Lipinski definition) is 0. The van der Waals surface area contributed by atoms with Crippen molar-refractivity contribution in [2.75, 3.05) is 0 Å². The first-order chi connectivity index (χ1) is 14.2. The molecule has 1 aliphatic heterocycles. The van der Waals surface area contributed by atoms with E-state index in [4.69, 9.17) is 4.74 Å². The maximum Gasteiger partial charge on any atom is 0.343 e. The minimum atomic E-state index is -0.471. The molecule has 0 amide bonds. The van der Waals surface area contributed by atoms with Crippen LogP contribution in [0.25, 0.3) is 22.0 Å². The molecule has 5 rings (SSSR count). The van der Waals surface area contributed by atoms with E-state index >= 15 is 0 Å². The van der Waals surface area contributed by atoms with E-state index in [0.717, 1.165) is 29.8 Å². The van der Waals surface area contributed by atoms with E-state index < -0.39 is 5.97 Å². The van der Waals surface area contributed by atoms with Crippen LogP contribution in [0.5, 0.6) is 5.75 Å². The summed E-state index contributed by atoms with van der Waals surface area (Å²) in [4.78, 5) is 29.7. The number of ether oxygens (including phenoxy) is 1. The number of esters is 1. The monoisotopic (exact) mass is 382 g/mol. The number of rotatable bonds is 3. The molecule has 1 aliphatic rings. The van der Waals surface area contributed by atoms with Gasteiger partial charge >= 0.3 is 5.97 Å². The molecule has 29 heavy (non-hydrogen) atoms. The lowest BCUT2D eigenvalue weighted by molar-refractivity contribution is 0.0735. The molecule has 0 saturated heterocycles. The predicted octanol–water partition coefficient (Wildman–Crippen LogP) is 4.23. The van der Waals surface area contributed by atoms with Gasteiger partial charge in [-0.15, -0.1) is 0 Å². The summed E-state index contributed by atoms with van der Waals surface area (Å²) in [7, 11) is 0. The third-order valence-corrected chi connectivity index (χ3v) is 5.22. The molecular formula is C24H18N2O3. The van der Waals surface area contributed by atoms with Crippen LogP contribution in [0.15, 0.2) is 77.6 Å². The number of nitrogens with zero attached hydrogens (tertiary/aromatic N) is 2. The van der Waals surface area contributed by atoms with Gasteiger partial charge in [-0.3, -0.25) is 9.36 Å². The lowest BCUT2D eigenvalue weighted by atomic mass is 10.1. The minimum Gasteiger partial charge on any atom is -0.423 e. The SMILES string of the molecule is O=C(Oc1ccc(-c2ccccc2)cc1)c1ccc2c(=O)n3c(nc2c1)CCC3. The Morgan fingerprint density at radius 1 is 0.931 bits per heavy atom. The van der Waals surface area contributed by atoms with Crippen molar-refractivity contribution in [1.29, 1.82) is 0 Å².